The largest absolute Gasteiger partial charge is 2.00 e. The second-order valence-corrected chi connectivity index (χ2v) is 13.9. The molecule has 0 spiro atoms. The number of benzene rings is 3. The summed E-state index contributed by atoms with van der Waals surface area (Å²) < 4.78 is 4.46. The van der Waals surface area contributed by atoms with Gasteiger partial charge >= 0.3 is 21.1 Å². The summed E-state index contributed by atoms with van der Waals surface area (Å²) in [5, 5.41) is 13.5. The second kappa shape index (κ2) is 10.8. The van der Waals surface area contributed by atoms with Crippen LogP contribution in [-0.4, -0.2) is 24.2 Å². The molecule has 5 aromatic heterocycles. The number of nitrogens with zero attached hydrogens (tertiary/aromatic N) is 6. The molecule has 0 saturated heterocycles. The Labute approximate surface area is 282 Å². The molecular weight excluding hydrogens is 748 g/mol. The first-order valence-corrected chi connectivity index (χ1v) is 15.4. The van der Waals surface area contributed by atoms with Crippen LogP contribution in [0.25, 0.3) is 66.6 Å². The van der Waals surface area contributed by atoms with Crippen molar-refractivity contribution in [2.45, 2.75) is 52.4 Å². The molecule has 5 heterocycles. The SMILES string of the molecule is CC(C)(C)c1ccnc(-n2c3[c-]c(-n4c5ccccc5c5ccc(-c6cc(C(C)(C)C)n[n-]6)nc54)ccc3c3ccccc32)c1.[Pt+2]. The van der Waals surface area contributed by atoms with E-state index in [1.807, 2.05) is 12.3 Å². The monoisotopic (exact) mass is 781 g/mol. The van der Waals surface area contributed by atoms with Crippen LogP contribution < -0.4 is 5.10 Å². The summed E-state index contributed by atoms with van der Waals surface area (Å²) in [4.78, 5) is 10.1. The van der Waals surface area contributed by atoms with Crippen LogP contribution >= 0.6 is 0 Å². The van der Waals surface area contributed by atoms with Gasteiger partial charge in [0.1, 0.15) is 11.5 Å². The van der Waals surface area contributed by atoms with Crippen LogP contribution in [0, 0.1) is 6.07 Å². The molecule has 0 saturated carbocycles. The van der Waals surface area contributed by atoms with E-state index in [9.17, 15) is 0 Å². The molecule has 3 aromatic carbocycles. The van der Waals surface area contributed by atoms with E-state index < -0.39 is 0 Å². The predicted molar refractivity (Wildman–Crippen MR) is 183 cm³/mol. The molecule has 0 bridgehead atoms. The number of hydrogen-bond acceptors (Lipinski definition) is 3. The minimum Gasteiger partial charge on any atom is -0.573 e. The zero-order chi connectivity index (χ0) is 31.1. The predicted octanol–water partition coefficient (Wildman–Crippen LogP) is 9.08. The molecule has 46 heavy (non-hydrogen) atoms. The summed E-state index contributed by atoms with van der Waals surface area (Å²) in [6, 6.07) is 35.7. The van der Waals surface area contributed by atoms with Gasteiger partial charge in [-0.3, -0.25) is 0 Å². The molecule has 0 unspecified atom stereocenters. The standard InChI is InChI=1S/C39H34N6.Pt/c1-38(2,3)24-19-20-40-36(21-24)45-33-14-10-7-11-26(33)28-16-15-25(22-34(28)45)44-32-13-9-8-12-27(32)29-17-18-30(41-37(29)44)31-23-35(43-42-31)39(4,5)6;/h7-21,23H,1-6H3;/q-2;+2. The molecule has 0 aliphatic carbocycles. The van der Waals surface area contributed by atoms with Crippen LogP contribution in [0.5, 0.6) is 0 Å². The molecular formula is C39H34N6Pt. The van der Waals surface area contributed by atoms with Crippen molar-refractivity contribution in [2.75, 3.05) is 0 Å². The second-order valence-electron chi connectivity index (χ2n) is 13.9. The number of hydrogen-bond donors (Lipinski definition) is 0. The van der Waals surface area contributed by atoms with Gasteiger partial charge in [-0.15, -0.1) is 17.5 Å². The number of para-hydroxylation sites is 2. The van der Waals surface area contributed by atoms with E-state index in [-0.39, 0.29) is 31.9 Å². The van der Waals surface area contributed by atoms with Gasteiger partial charge in [0.15, 0.2) is 0 Å². The molecule has 0 atom stereocenters. The molecule has 0 N–H and O–H groups in total. The summed E-state index contributed by atoms with van der Waals surface area (Å²) in [6.45, 7) is 13.1. The topological polar surface area (TPSA) is 62.6 Å². The maximum atomic E-state index is 5.22. The number of pyridine rings is 2. The Morgan fingerprint density at radius 1 is 0.674 bits per heavy atom. The zero-order valence-electron chi connectivity index (χ0n) is 26.7. The van der Waals surface area contributed by atoms with Gasteiger partial charge in [0, 0.05) is 33.6 Å². The van der Waals surface area contributed by atoms with Crippen LogP contribution in [0.2, 0.25) is 0 Å². The summed E-state index contributed by atoms with van der Waals surface area (Å²) in [5.74, 6) is 0.883. The van der Waals surface area contributed by atoms with Crippen molar-refractivity contribution in [3.63, 3.8) is 0 Å². The van der Waals surface area contributed by atoms with Crippen molar-refractivity contribution in [3.05, 3.63) is 115 Å². The van der Waals surface area contributed by atoms with Crippen LogP contribution in [-0.2, 0) is 31.9 Å². The molecule has 0 aliphatic rings. The van der Waals surface area contributed by atoms with E-state index in [0.29, 0.717) is 0 Å². The van der Waals surface area contributed by atoms with Crippen LogP contribution in [0.15, 0.2) is 97.2 Å². The van der Waals surface area contributed by atoms with Crippen molar-refractivity contribution >= 4 is 43.7 Å². The number of aromatic nitrogens is 6. The van der Waals surface area contributed by atoms with E-state index in [2.05, 4.69) is 152 Å². The van der Waals surface area contributed by atoms with E-state index in [0.717, 1.165) is 66.9 Å². The summed E-state index contributed by atoms with van der Waals surface area (Å²) >= 11 is 0. The van der Waals surface area contributed by atoms with E-state index in [4.69, 9.17) is 9.97 Å². The fourth-order valence-corrected chi connectivity index (χ4v) is 6.27. The van der Waals surface area contributed by atoms with Gasteiger partial charge in [-0.05, 0) is 52.8 Å². The van der Waals surface area contributed by atoms with Gasteiger partial charge in [-0.1, -0.05) is 101 Å². The van der Waals surface area contributed by atoms with Crippen LogP contribution in [0.1, 0.15) is 52.8 Å². The molecule has 230 valence electrons. The summed E-state index contributed by atoms with van der Waals surface area (Å²) in [5.41, 5.74) is 8.61. The molecule has 6 nitrogen and oxygen atoms in total. The van der Waals surface area contributed by atoms with Gasteiger partial charge in [0.2, 0.25) is 0 Å². The normalized spacial score (nSPS) is 12.4. The molecule has 0 radical (unpaired) electrons. The van der Waals surface area contributed by atoms with Gasteiger partial charge in [0.25, 0.3) is 0 Å². The molecule has 0 fully saturated rings. The molecule has 0 aliphatic heterocycles. The van der Waals surface area contributed by atoms with Gasteiger partial charge in [-0.25, -0.2) is 9.97 Å². The van der Waals surface area contributed by atoms with Gasteiger partial charge in [-0.2, -0.15) is 6.07 Å². The van der Waals surface area contributed by atoms with Crippen molar-refractivity contribution in [3.8, 4) is 22.9 Å². The van der Waals surface area contributed by atoms with Crippen molar-refractivity contribution in [1.82, 2.24) is 29.3 Å². The fourth-order valence-electron chi connectivity index (χ4n) is 6.27. The van der Waals surface area contributed by atoms with Gasteiger partial charge in [0.05, 0.1) is 11.2 Å². The first-order valence-electron chi connectivity index (χ1n) is 15.4. The maximum absolute atomic E-state index is 5.22. The average molecular weight is 782 g/mol. The minimum atomic E-state index is -0.0890. The molecule has 0 amide bonds. The third-order valence-corrected chi connectivity index (χ3v) is 8.74. The first-order chi connectivity index (χ1) is 21.6. The summed E-state index contributed by atoms with van der Waals surface area (Å²) in [7, 11) is 0. The fraction of sp³-hybridized carbons (Fsp3) is 0.205. The summed E-state index contributed by atoms with van der Waals surface area (Å²) in [6.07, 6.45) is 1.91. The Bertz CT molecular complexity index is 2410. The van der Waals surface area contributed by atoms with E-state index in [1.165, 1.54) is 10.9 Å². The average Bonchev–Trinajstić information content (AvgIpc) is 3.73. The van der Waals surface area contributed by atoms with E-state index >= 15 is 0 Å². The van der Waals surface area contributed by atoms with Crippen LogP contribution in [0.3, 0.4) is 0 Å². The maximum Gasteiger partial charge on any atom is 2.00 e. The Hall–Kier alpha value is -4.54. The van der Waals surface area contributed by atoms with Crippen molar-refractivity contribution in [2.24, 2.45) is 0 Å². The third kappa shape index (κ3) is 4.78. The third-order valence-electron chi connectivity index (χ3n) is 8.74. The van der Waals surface area contributed by atoms with Crippen molar-refractivity contribution in [1.29, 1.82) is 0 Å². The van der Waals surface area contributed by atoms with E-state index in [1.54, 1.807) is 0 Å². The Morgan fingerprint density at radius 2 is 1.35 bits per heavy atom. The Balaban J connectivity index is 0.00000338. The molecule has 8 rings (SSSR count). The Morgan fingerprint density at radius 3 is 2.04 bits per heavy atom. The van der Waals surface area contributed by atoms with Crippen molar-refractivity contribution < 1.29 is 21.1 Å². The Kier molecular flexibility index (Phi) is 7.06. The smallest absolute Gasteiger partial charge is 0.573 e. The van der Waals surface area contributed by atoms with Gasteiger partial charge < -0.3 is 19.3 Å². The first kappa shape index (κ1) is 30.1. The number of fused-ring (bicyclic) bond motifs is 6. The van der Waals surface area contributed by atoms with Crippen LogP contribution in [0.4, 0.5) is 0 Å². The molecule has 8 aromatic rings. The zero-order valence-corrected chi connectivity index (χ0v) is 29.0. The minimum absolute atomic E-state index is 0. The molecule has 7 heteroatoms. The number of rotatable bonds is 3. The quantitative estimate of drug-likeness (QED) is 0.168.